The smallest absolute Gasteiger partial charge is 0.257 e. The second-order valence-corrected chi connectivity index (χ2v) is 6.98. The van der Waals surface area contributed by atoms with Crippen LogP contribution in [0.3, 0.4) is 0 Å². The summed E-state index contributed by atoms with van der Waals surface area (Å²) < 4.78 is 10.9. The van der Waals surface area contributed by atoms with Crippen LogP contribution in [0.2, 0.25) is 0 Å². The van der Waals surface area contributed by atoms with Crippen LogP contribution in [0.4, 0.5) is 0 Å². The fourth-order valence-electron chi connectivity index (χ4n) is 3.05. The Morgan fingerprint density at radius 2 is 2.08 bits per heavy atom. The van der Waals surface area contributed by atoms with E-state index in [0.29, 0.717) is 30.2 Å². The molecule has 3 rings (SSSR count). The van der Waals surface area contributed by atoms with E-state index in [1.807, 2.05) is 12.1 Å². The van der Waals surface area contributed by atoms with Gasteiger partial charge in [-0.05, 0) is 45.2 Å². The van der Waals surface area contributed by atoms with E-state index < -0.39 is 5.60 Å². The first-order chi connectivity index (χ1) is 11.8. The summed E-state index contributed by atoms with van der Waals surface area (Å²) in [5.74, 6) is 1.18. The number of hydrazone groups is 1. The number of aliphatic hydroxyl groups is 1. The molecule has 2 aromatic rings. The zero-order valence-electron chi connectivity index (χ0n) is 14.7. The van der Waals surface area contributed by atoms with E-state index in [1.165, 1.54) is 5.01 Å². The molecule has 1 atom stereocenters. The van der Waals surface area contributed by atoms with E-state index in [2.05, 4.69) is 5.10 Å². The van der Waals surface area contributed by atoms with Crippen molar-refractivity contribution in [1.82, 2.24) is 9.91 Å². The van der Waals surface area contributed by atoms with Gasteiger partial charge < -0.3 is 13.9 Å². The van der Waals surface area contributed by atoms with E-state index in [4.69, 9.17) is 8.83 Å². The fourth-order valence-corrected chi connectivity index (χ4v) is 3.05. The lowest BCUT2D eigenvalue weighted by atomic mass is 10.1. The van der Waals surface area contributed by atoms with Gasteiger partial charge in [0.15, 0.2) is 0 Å². The van der Waals surface area contributed by atoms with E-state index in [0.717, 1.165) is 0 Å². The number of likely N-dealkylation sites (N-methyl/N-ethyl adjacent to an activating group) is 1. The molecular formula is C18H23N3O4. The molecule has 0 fully saturated rings. The van der Waals surface area contributed by atoms with Crippen LogP contribution >= 0.6 is 0 Å². The van der Waals surface area contributed by atoms with Gasteiger partial charge in [0.1, 0.15) is 23.3 Å². The van der Waals surface area contributed by atoms with Crippen LogP contribution in [-0.2, 0) is 4.79 Å². The minimum atomic E-state index is -0.872. The molecule has 7 nitrogen and oxygen atoms in total. The number of carbonyl (C=O) groups excluding carboxylic acids is 1. The fraction of sp³-hybridized carbons (Fsp3) is 0.444. The van der Waals surface area contributed by atoms with Crippen LogP contribution in [0.15, 0.2) is 50.7 Å². The molecule has 0 saturated heterocycles. The Labute approximate surface area is 146 Å². The van der Waals surface area contributed by atoms with Crippen LogP contribution < -0.4 is 0 Å². The lowest BCUT2D eigenvalue weighted by molar-refractivity contribution is -0.134. The molecule has 25 heavy (non-hydrogen) atoms. The number of hydrogen-bond donors (Lipinski definition) is 1. The van der Waals surface area contributed by atoms with E-state index in [1.54, 1.807) is 50.5 Å². The standard InChI is InChI=1S/C18H23N3O4/c1-18(2,23)12-20(3)11-17(22)21-14(16-7-5-9-25-16)10-13(19-21)15-6-4-8-24-15/h4-9,14,23H,10-12H2,1-3H3. The summed E-state index contributed by atoms with van der Waals surface area (Å²) in [5, 5.41) is 15.8. The van der Waals surface area contributed by atoms with Crippen molar-refractivity contribution in [3.8, 4) is 0 Å². The highest BCUT2D eigenvalue weighted by Gasteiger charge is 2.36. The Kier molecular flexibility index (Phi) is 4.78. The van der Waals surface area contributed by atoms with Gasteiger partial charge in [0.25, 0.3) is 5.91 Å². The zero-order valence-corrected chi connectivity index (χ0v) is 14.7. The molecule has 0 saturated carbocycles. The summed E-state index contributed by atoms with van der Waals surface area (Å²) >= 11 is 0. The maximum Gasteiger partial charge on any atom is 0.257 e. The maximum absolute atomic E-state index is 12.8. The van der Waals surface area contributed by atoms with Gasteiger partial charge in [0, 0.05) is 13.0 Å². The topological polar surface area (TPSA) is 82.4 Å². The van der Waals surface area contributed by atoms with Crippen LogP contribution in [0.1, 0.15) is 37.8 Å². The third-order valence-corrected chi connectivity index (χ3v) is 3.91. The maximum atomic E-state index is 12.8. The Balaban J connectivity index is 1.78. The quantitative estimate of drug-likeness (QED) is 0.868. The summed E-state index contributed by atoms with van der Waals surface area (Å²) in [7, 11) is 1.80. The normalized spacial score (nSPS) is 18.0. The average molecular weight is 345 g/mol. The third kappa shape index (κ3) is 4.18. The highest BCUT2D eigenvalue weighted by molar-refractivity contribution is 6.01. The Morgan fingerprint density at radius 1 is 1.36 bits per heavy atom. The number of furan rings is 2. The number of nitrogens with zero attached hydrogens (tertiary/aromatic N) is 3. The summed E-state index contributed by atoms with van der Waals surface area (Å²) in [6.45, 7) is 3.95. The predicted molar refractivity (Wildman–Crippen MR) is 92.0 cm³/mol. The lowest BCUT2D eigenvalue weighted by Crippen LogP contribution is -2.42. The van der Waals surface area contributed by atoms with E-state index in [9.17, 15) is 9.90 Å². The lowest BCUT2D eigenvalue weighted by Gasteiger charge is -2.27. The average Bonchev–Trinajstić information content (AvgIpc) is 3.25. The van der Waals surface area contributed by atoms with Crippen LogP contribution in [-0.4, -0.2) is 52.4 Å². The Bertz CT molecular complexity index is 729. The molecule has 0 bridgehead atoms. The second kappa shape index (κ2) is 6.85. The molecule has 1 amide bonds. The van der Waals surface area contributed by atoms with Crippen molar-refractivity contribution in [2.45, 2.75) is 31.9 Å². The Morgan fingerprint density at radius 3 is 2.68 bits per heavy atom. The molecule has 1 N–H and O–H groups in total. The van der Waals surface area contributed by atoms with Crippen LogP contribution in [0, 0.1) is 0 Å². The summed E-state index contributed by atoms with van der Waals surface area (Å²) in [5.41, 5.74) is -0.159. The zero-order chi connectivity index (χ0) is 18.0. The largest absolute Gasteiger partial charge is 0.467 e. The molecule has 134 valence electrons. The van der Waals surface area contributed by atoms with Crippen LogP contribution in [0.25, 0.3) is 0 Å². The van der Waals surface area contributed by atoms with Gasteiger partial charge in [-0.15, -0.1) is 0 Å². The molecule has 1 aliphatic heterocycles. The van der Waals surface area contributed by atoms with Crippen molar-refractivity contribution in [3.05, 3.63) is 48.3 Å². The molecule has 0 spiro atoms. The monoisotopic (exact) mass is 345 g/mol. The van der Waals surface area contributed by atoms with Crippen molar-refractivity contribution in [2.24, 2.45) is 5.10 Å². The molecule has 7 heteroatoms. The highest BCUT2D eigenvalue weighted by atomic mass is 16.3. The van der Waals surface area contributed by atoms with E-state index in [-0.39, 0.29) is 18.5 Å². The number of amides is 1. The number of hydrogen-bond acceptors (Lipinski definition) is 6. The summed E-state index contributed by atoms with van der Waals surface area (Å²) in [4.78, 5) is 14.6. The van der Waals surface area contributed by atoms with Gasteiger partial charge in [0.2, 0.25) is 0 Å². The first kappa shape index (κ1) is 17.4. The van der Waals surface area contributed by atoms with Crippen molar-refractivity contribution < 1.29 is 18.7 Å². The molecule has 3 heterocycles. The highest BCUT2D eigenvalue weighted by Crippen LogP contribution is 2.33. The van der Waals surface area contributed by atoms with Crippen molar-refractivity contribution in [1.29, 1.82) is 0 Å². The first-order valence-corrected chi connectivity index (χ1v) is 8.21. The minimum Gasteiger partial charge on any atom is -0.467 e. The molecule has 2 aromatic heterocycles. The summed E-state index contributed by atoms with van der Waals surface area (Å²) in [6, 6.07) is 6.96. The summed E-state index contributed by atoms with van der Waals surface area (Å²) in [6.07, 6.45) is 3.70. The third-order valence-electron chi connectivity index (χ3n) is 3.91. The molecule has 1 unspecified atom stereocenters. The van der Waals surface area contributed by atoms with Gasteiger partial charge in [-0.2, -0.15) is 5.10 Å². The number of carbonyl (C=O) groups is 1. The molecule has 0 aliphatic carbocycles. The van der Waals surface area contributed by atoms with Crippen molar-refractivity contribution in [3.63, 3.8) is 0 Å². The SMILES string of the molecule is CN(CC(=O)N1N=C(c2ccco2)CC1c1ccco1)CC(C)(C)O. The number of rotatable bonds is 6. The minimum absolute atomic E-state index is 0.149. The van der Waals surface area contributed by atoms with E-state index >= 15 is 0 Å². The van der Waals surface area contributed by atoms with Gasteiger partial charge >= 0.3 is 0 Å². The molecule has 1 aliphatic rings. The van der Waals surface area contributed by atoms with Gasteiger partial charge in [0.05, 0.1) is 24.7 Å². The van der Waals surface area contributed by atoms with Crippen molar-refractivity contribution >= 4 is 11.6 Å². The van der Waals surface area contributed by atoms with Gasteiger partial charge in [-0.1, -0.05) is 0 Å². The second-order valence-electron chi connectivity index (χ2n) is 6.98. The van der Waals surface area contributed by atoms with Crippen LogP contribution in [0.5, 0.6) is 0 Å². The predicted octanol–water partition coefficient (Wildman–Crippen LogP) is 2.25. The Hall–Kier alpha value is -2.38. The van der Waals surface area contributed by atoms with Gasteiger partial charge in [-0.25, -0.2) is 5.01 Å². The molecular weight excluding hydrogens is 322 g/mol. The van der Waals surface area contributed by atoms with Gasteiger partial charge in [-0.3, -0.25) is 9.69 Å². The molecule has 0 aromatic carbocycles. The first-order valence-electron chi connectivity index (χ1n) is 8.21. The van der Waals surface area contributed by atoms with Crippen molar-refractivity contribution in [2.75, 3.05) is 20.1 Å². The molecule has 0 radical (unpaired) electrons.